The predicted octanol–water partition coefficient (Wildman–Crippen LogP) is 20.0. The molecule has 0 radical (unpaired) electrons. The summed E-state index contributed by atoms with van der Waals surface area (Å²) in [6.07, 6.45) is -34.3. The van der Waals surface area contributed by atoms with Crippen LogP contribution < -0.4 is 0 Å². The zero-order valence-corrected chi connectivity index (χ0v) is 37.5. The third-order valence-corrected chi connectivity index (χ3v) is 8.02. The minimum Gasteiger partial charge on any atom is -0.171 e. The fourth-order valence-electron chi connectivity index (χ4n) is 2.11. The van der Waals surface area contributed by atoms with E-state index in [0.29, 0.717) is 12.8 Å². The van der Waals surface area contributed by atoms with Crippen LogP contribution in [0.5, 0.6) is 0 Å². The van der Waals surface area contributed by atoms with Gasteiger partial charge >= 0.3 is 49.4 Å². The standard InChI is InChI=1S/C6H8F6.2C6H11F3.C5H6F6.2C5H9F3.C5H12/c1-4(6(10,11)12)2-3-5(7,8)9;1-3-4-5(2)6(7,8)9;1-2-3-4-5-6(7,8)9;1-3(2,4(6,7)8)5(9,10)11;1-4(2,3)5(6,7)8;1-3-4(2)5(6,7)8;1-4-5(2)3/h4H,2-3H2,1H3;5H,3-4H2,1-2H3;2-5H2,1H3;1-2H3;1-3H3;4H,3H2,1-2H3;5H,4H2,1-3H3/t4-;5-;;;;;/m00...../s1. The average Bonchev–Trinajstić information content (AvgIpc) is 3.01. The van der Waals surface area contributed by atoms with E-state index in [-0.39, 0.29) is 33.1 Å². The van der Waals surface area contributed by atoms with Gasteiger partial charge in [0.05, 0.1) is 23.2 Å². The van der Waals surface area contributed by atoms with Gasteiger partial charge in [0.2, 0.25) is 0 Å². The minimum absolute atomic E-state index is 0.104. The molecule has 62 heavy (non-hydrogen) atoms. The van der Waals surface area contributed by atoms with Crippen molar-refractivity contribution in [1.82, 2.24) is 0 Å². The summed E-state index contributed by atoms with van der Waals surface area (Å²) in [6.45, 7) is 18.6. The lowest BCUT2D eigenvalue weighted by atomic mass is 9.92. The first-order valence-corrected chi connectivity index (χ1v) is 19.2. The van der Waals surface area contributed by atoms with Gasteiger partial charge in [-0.25, -0.2) is 0 Å². The van der Waals surface area contributed by atoms with Crippen LogP contribution in [0, 0.1) is 34.5 Å². The molecule has 0 aliphatic heterocycles. The molecule has 0 aliphatic carbocycles. The third kappa shape index (κ3) is 49.3. The molecule has 24 heteroatoms. The lowest BCUT2D eigenvalue weighted by molar-refractivity contribution is -0.327. The first kappa shape index (κ1) is 74.7. The minimum atomic E-state index is -5.24. The van der Waals surface area contributed by atoms with E-state index in [2.05, 4.69) is 20.8 Å². The zero-order valence-electron chi connectivity index (χ0n) is 37.5. The van der Waals surface area contributed by atoms with Gasteiger partial charge in [0, 0.05) is 12.8 Å². The van der Waals surface area contributed by atoms with E-state index in [9.17, 15) is 105 Å². The first-order valence-electron chi connectivity index (χ1n) is 19.2. The van der Waals surface area contributed by atoms with Crippen molar-refractivity contribution in [2.45, 2.75) is 211 Å². The van der Waals surface area contributed by atoms with Crippen molar-refractivity contribution < 1.29 is 105 Å². The topological polar surface area (TPSA) is 0 Å². The van der Waals surface area contributed by atoms with Crippen molar-refractivity contribution in [3.8, 4) is 0 Å². The van der Waals surface area contributed by atoms with E-state index in [1.165, 1.54) is 27.2 Å². The summed E-state index contributed by atoms with van der Waals surface area (Å²) >= 11 is 0. The maximum Gasteiger partial charge on any atom is 0.402 e. The molecule has 0 N–H and O–H groups in total. The molecule has 1 unspecified atom stereocenters. The Balaban J connectivity index is -0.000000115. The quantitative estimate of drug-likeness (QED) is 0.160. The van der Waals surface area contributed by atoms with Crippen LogP contribution in [0.1, 0.15) is 161 Å². The van der Waals surface area contributed by atoms with Gasteiger partial charge in [-0.05, 0) is 45.4 Å². The van der Waals surface area contributed by atoms with Gasteiger partial charge in [0.25, 0.3) is 0 Å². The van der Waals surface area contributed by atoms with Gasteiger partial charge in [-0.1, -0.05) is 109 Å². The molecule has 0 heterocycles. The monoisotopic (exact) mass is 978 g/mol. The largest absolute Gasteiger partial charge is 0.402 e. The average molecular weight is 979 g/mol. The van der Waals surface area contributed by atoms with Crippen molar-refractivity contribution in [3.05, 3.63) is 0 Å². The Labute approximate surface area is 350 Å². The molecule has 0 fully saturated rings. The van der Waals surface area contributed by atoms with Crippen LogP contribution in [0.4, 0.5) is 105 Å². The van der Waals surface area contributed by atoms with Crippen molar-refractivity contribution in [3.63, 3.8) is 0 Å². The molecule has 0 nitrogen and oxygen atoms in total. The van der Waals surface area contributed by atoms with Crippen molar-refractivity contribution in [2.75, 3.05) is 0 Å². The molecule has 3 atom stereocenters. The number of unbranched alkanes of at least 4 members (excludes halogenated alkanes) is 2. The third-order valence-electron chi connectivity index (χ3n) is 8.02. The van der Waals surface area contributed by atoms with Crippen LogP contribution in [-0.2, 0) is 0 Å². The summed E-state index contributed by atoms with van der Waals surface area (Å²) in [4.78, 5) is 0. The van der Waals surface area contributed by atoms with E-state index < -0.39 is 97.3 Å². The van der Waals surface area contributed by atoms with Gasteiger partial charge in [-0.3, -0.25) is 0 Å². The lowest BCUT2D eigenvalue weighted by Gasteiger charge is -2.29. The van der Waals surface area contributed by atoms with Crippen molar-refractivity contribution >= 4 is 0 Å². The van der Waals surface area contributed by atoms with E-state index in [1.54, 1.807) is 6.92 Å². The second-order valence-corrected chi connectivity index (χ2v) is 15.9. The van der Waals surface area contributed by atoms with E-state index in [0.717, 1.165) is 40.0 Å². The highest BCUT2D eigenvalue weighted by atomic mass is 19.4. The van der Waals surface area contributed by atoms with E-state index >= 15 is 0 Å². The van der Waals surface area contributed by atoms with Crippen molar-refractivity contribution in [2.24, 2.45) is 34.5 Å². The molecule has 0 aliphatic rings. The summed E-state index contributed by atoms with van der Waals surface area (Å²) < 4.78 is 277. The normalized spacial score (nSPS) is 14.6. The Hall–Kier alpha value is -1.68. The molecule has 386 valence electrons. The fourth-order valence-corrected chi connectivity index (χ4v) is 2.11. The summed E-state index contributed by atoms with van der Waals surface area (Å²) in [5.41, 5.74) is -5.19. The van der Waals surface area contributed by atoms with Gasteiger partial charge in [-0.15, -0.1) is 0 Å². The second kappa shape index (κ2) is 31.3. The Bertz CT molecular complexity index is 983. The molecule has 0 aromatic carbocycles. The Morgan fingerprint density at radius 2 is 0.613 bits per heavy atom. The smallest absolute Gasteiger partial charge is 0.171 e. The lowest BCUT2D eigenvalue weighted by Crippen LogP contribution is -2.44. The maximum absolute atomic E-state index is 11.7. The van der Waals surface area contributed by atoms with Crippen LogP contribution >= 0.6 is 0 Å². The van der Waals surface area contributed by atoms with Crippen LogP contribution in [0.25, 0.3) is 0 Å². The predicted molar refractivity (Wildman–Crippen MR) is 193 cm³/mol. The summed E-state index contributed by atoms with van der Waals surface area (Å²) in [7, 11) is 0. The van der Waals surface area contributed by atoms with Gasteiger partial charge in [0.15, 0.2) is 5.41 Å². The number of halogens is 24. The number of hydrogen-bond acceptors (Lipinski definition) is 0. The summed E-state index contributed by atoms with van der Waals surface area (Å²) in [6, 6.07) is 0. The Kier molecular flexibility index (Phi) is 37.7. The molecule has 0 aromatic rings. The van der Waals surface area contributed by atoms with Crippen LogP contribution in [0.2, 0.25) is 0 Å². The summed E-state index contributed by atoms with van der Waals surface area (Å²) in [5.74, 6) is -3.29. The SMILES string of the molecule is CC(C)(C(F)(F)F)C(F)(F)F.CC(C)(C)C(F)(F)F.CCC(C)C.CCC(C)C(F)(F)F.CCCCCC(F)(F)F.CCC[C@H](C)C(F)(F)F.C[C@@H](CCC(F)(F)F)C(F)(F)F. The maximum atomic E-state index is 11.7. The molecule has 0 spiro atoms. The molecule has 0 saturated heterocycles. The highest BCUT2D eigenvalue weighted by Gasteiger charge is 2.64. The number of rotatable bonds is 9. The van der Waals surface area contributed by atoms with Crippen LogP contribution in [0.3, 0.4) is 0 Å². The summed E-state index contributed by atoms with van der Waals surface area (Å²) in [5, 5.41) is 0. The second-order valence-electron chi connectivity index (χ2n) is 15.9. The van der Waals surface area contributed by atoms with Gasteiger partial charge in [0.1, 0.15) is 0 Å². The molecule has 0 saturated carbocycles. The fraction of sp³-hybridized carbons (Fsp3) is 1.00. The molecular formula is C38H66F24. The van der Waals surface area contributed by atoms with Crippen molar-refractivity contribution in [1.29, 1.82) is 0 Å². The van der Waals surface area contributed by atoms with Gasteiger partial charge < -0.3 is 0 Å². The van der Waals surface area contributed by atoms with E-state index in [4.69, 9.17) is 0 Å². The highest BCUT2D eigenvalue weighted by molar-refractivity contribution is 4.84. The Morgan fingerprint density at radius 3 is 0.726 bits per heavy atom. The van der Waals surface area contributed by atoms with Crippen LogP contribution in [0.15, 0.2) is 0 Å². The first-order chi connectivity index (χ1) is 26.7. The molecule has 0 aromatic heterocycles. The zero-order chi connectivity index (χ0) is 52.4. The molecular weight excluding hydrogens is 912 g/mol. The van der Waals surface area contributed by atoms with Gasteiger partial charge in [-0.2, -0.15) is 105 Å². The Morgan fingerprint density at radius 1 is 0.339 bits per heavy atom. The molecule has 0 rings (SSSR count). The molecule has 0 bridgehead atoms. The number of hydrogen-bond donors (Lipinski definition) is 0. The van der Waals surface area contributed by atoms with E-state index in [1.807, 2.05) is 6.92 Å². The molecule has 0 amide bonds. The highest BCUT2D eigenvalue weighted by Crippen LogP contribution is 2.49. The van der Waals surface area contributed by atoms with Crippen LogP contribution in [-0.4, -0.2) is 49.4 Å². The number of alkyl halides is 24.